The number of rotatable bonds is 7. The molecule has 5 heteroatoms. The lowest BCUT2D eigenvalue weighted by molar-refractivity contribution is 0.105. The lowest BCUT2D eigenvalue weighted by Gasteiger charge is -2.07. The van der Waals surface area contributed by atoms with Crippen LogP contribution in [0.3, 0.4) is 0 Å². The summed E-state index contributed by atoms with van der Waals surface area (Å²) in [5.41, 5.74) is 3.06. The van der Waals surface area contributed by atoms with Gasteiger partial charge in [-0.05, 0) is 66.6 Å². The fourth-order valence-corrected chi connectivity index (χ4v) is 3.14. The van der Waals surface area contributed by atoms with Crippen LogP contribution < -0.4 is 4.74 Å². The first-order valence-corrected chi connectivity index (χ1v) is 10.1. The number of ether oxygens (including phenoxy) is 1. The van der Waals surface area contributed by atoms with E-state index in [0.717, 1.165) is 17.7 Å². The Balaban J connectivity index is 1.74. The average molecular weight is 418 g/mol. The number of hydrogen-bond acceptors (Lipinski definition) is 4. The van der Waals surface area contributed by atoms with Crippen molar-refractivity contribution < 1.29 is 13.9 Å². The van der Waals surface area contributed by atoms with Crippen LogP contribution in [-0.4, -0.2) is 17.4 Å². The second-order valence-electron chi connectivity index (χ2n) is 6.80. The molecule has 0 aliphatic rings. The van der Waals surface area contributed by atoms with Crippen LogP contribution in [0.2, 0.25) is 5.02 Å². The van der Waals surface area contributed by atoms with Gasteiger partial charge in [0.05, 0.1) is 12.2 Å². The number of Topliss-reactive ketones (excluding diaryl/α,β-unsaturated/α-hetero) is 1. The maximum atomic E-state index is 13.4. The molecule has 0 fully saturated rings. The van der Waals surface area contributed by atoms with Gasteiger partial charge in [-0.2, -0.15) is 0 Å². The molecular formula is C25H20ClNO3. The summed E-state index contributed by atoms with van der Waals surface area (Å²) in [6, 6.07) is 21.8. The molecule has 0 N–H and O–H groups in total. The molecule has 4 rings (SSSR count). The maximum absolute atomic E-state index is 13.4. The van der Waals surface area contributed by atoms with E-state index in [1.165, 1.54) is 0 Å². The average Bonchev–Trinajstić information content (AvgIpc) is 3.21. The van der Waals surface area contributed by atoms with Crippen LogP contribution in [0.5, 0.6) is 5.75 Å². The molecule has 0 atom stereocenters. The predicted molar refractivity (Wildman–Crippen MR) is 120 cm³/mol. The Kier molecular flexibility index (Phi) is 5.96. The summed E-state index contributed by atoms with van der Waals surface area (Å²) in [6.07, 6.45) is 2.69. The number of halogens is 1. The monoisotopic (exact) mass is 417 g/mol. The molecule has 0 saturated carbocycles. The molecule has 0 aliphatic heterocycles. The van der Waals surface area contributed by atoms with Gasteiger partial charge in [0, 0.05) is 10.6 Å². The van der Waals surface area contributed by atoms with Gasteiger partial charge in [-0.1, -0.05) is 42.8 Å². The van der Waals surface area contributed by atoms with Crippen molar-refractivity contribution in [1.29, 1.82) is 0 Å². The number of aromatic nitrogens is 1. The number of benzene rings is 3. The number of para-hydroxylation sites is 2. The van der Waals surface area contributed by atoms with E-state index in [1.54, 1.807) is 42.5 Å². The highest BCUT2D eigenvalue weighted by molar-refractivity contribution is 6.32. The third-order valence-corrected chi connectivity index (χ3v) is 4.79. The molecule has 0 unspecified atom stereocenters. The SMILES string of the molecule is CCCOc1ccc(C(=O)/C(=C\c2ccc(Cl)cc2)c2nc3ccccc3o2)cc1. The van der Waals surface area contributed by atoms with Crippen molar-refractivity contribution in [3.8, 4) is 5.75 Å². The molecular weight excluding hydrogens is 398 g/mol. The van der Waals surface area contributed by atoms with Crippen LogP contribution in [-0.2, 0) is 0 Å². The Morgan fingerprint density at radius 2 is 1.77 bits per heavy atom. The molecule has 30 heavy (non-hydrogen) atoms. The summed E-state index contributed by atoms with van der Waals surface area (Å²) in [5, 5.41) is 0.629. The van der Waals surface area contributed by atoms with Gasteiger partial charge in [-0.15, -0.1) is 0 Å². The molecule has 4 aromatic rings. The molecule has 4 nitrogen and oxygen atoms in total. The smallest absolute Gasteiger partial charge is 0.231 e. The maximum Gasteiger partial charge on any atom is 0.231 e. The molecule has 0 saturated heterocycles. The van der Waals surface area contributed by atoms with Gasteiger partial charge in [-0.25, -0.2) is 4.98 Å². The van der Waals surface area contributed by atoms with Crippen LogP contribution in [0.15, 0.2) is 77.2 Å². The Labute approximate surface area is 179 Å². The summed E-state index contributed by atoms with van der Waals surface area (Å²) < 4.78 is 11.5. The van der Waals surface area contributed by atoms with Gasteiger partial charge in [0.1, 0.15) is 11.3 Å². The van der Waals surface area contributed by atoms with Crippen LogP contribution in [0.25, 0.3) is 22.7 Å². The minimum Gasteiger partial charge on any atom is -0.494 e. The number of oxazole rings is 1. The van der Waals surface area contributed by atoms with Crippen molar-refractivity contribution >= 4 is 40.1 Å². The number of hydrogen-bond donors (Lipinski definition) is 0. The summed E-state index contributed by atoms with van der Waals surface area (Å²) >= 11 is 6.00. The zero-order valence-electron chi connectivity index (χ0n) is 16.5. The highest BCUT2D eigenvalue weighted by Gasteiger charge is 2.20. The van der Waals surface area contributed by atoms with E-state index in [2.05, 4.69) is 4.98 Å². The van der Waals surface area contributed by atoms with Crippen LogP contribution in [0, 0.1) is 0 Å². The zero-order valence-corrected chi connectivity index (χ0v) is 17.2. The van der Waals surface area contributed by atoms with Crippen LogP contribution in [0.1, 0.15) is 35.2 Å². The molecule has 150 valence electrons. The number of nitrogens with zero attached hydrogens (tertiary/aromatic N) is 1. The Morgan fingerprint density at radius 3 is 2.47 bits per heavy atom. The Hall–Kier alpha value is -3.37. The number of carbonyl (C=O) groups excluding carboxylic acids is 1. The van der Waals surface area contributed by atoms with Gasteiger partial charge in [-0.3, -0.25) is 4.79 Å². The van der Waals surface area contributed by atoms with E-state index in [0.29, 0.717) is 33.9 Å². The number of carbonyl (C=O) groups is 1. The molecule has 0 spiro atoms. The lowest BCUT2D eigenvalue weighted by atomic mass is 10.0. The van der Waals surface area contributed by atoms with Crippen molar-refractivity contribution in [2.24, 2.45) is 0 Å². The van der Waals surface area contributed by atoms with E-state index >= 15 is 0 Å². The highest BCUT2D eigenvalue weighted by atomic mass is 35.5. The number of allylic oxidation sites excluding steroid dienone is 1. The van der Waals surface area contributed by atoms with Crippen LogP contribution >= 0.6 is 11.6 Å². The van der Waals surface area contributed by atoms with Crippen molar-refractivity contribution in [3.63, 3.8) is 0 Å². The molecule has 0 radical (unpaired) electrons. The standard InChI is InChI=1S/C25H20ClNO3/c1-2-15-29-20-13-9-18(10-14-20)24(28)21(16-17-7-11-19(26)12-8-17)25-27-22-5-3-4-6-23(22)30-25/h3-14,16H,2,15H2,1H3/b21-16+. The van der Waals surface area contributed by atoms with Crippen molar-refractivity contribution in [2.45, 2.75) is 13.3 Å². The quantitative estimate of drug-likeness (QED) is 0.248. The normalized spacial score (nSPS) is 11.6. The molecule has 0 amide bonds. The molecule has 1 heterocycles. The van der Waals surface area contributed by atoms with Gasteiger partial charge < -0.3 is 9.15 Å². The van der Waals surface area contributed by atoms with Crippen molar-refractivity contribution in [3.05, 3.63) is 94.8 Å². The number of fused-ring (bicyclic) bond motifs is 1. The van der Waals surface area contributed by atoms with E-state index in [1.807, 2.05) is 43.3 Å². The van der Waals surface area contributed by atoms with Gasteiger partial charge in [0.15, 0.2) is 11.4 Å². The van der Waals surface area contributed by atoms with Gasteiger partial charge >= 0.3 is 0 Å². The lowest BCUT2D eigenvalue weighted by Crippen LogP contribution is -2.04. The fraction of sp³-hybridized carbons (Fsp3) is 0.120. The summed E-state index contributed by atoms with van der Waals surface area (Å²) in [4.78, 5) is 17.9. The highest BCUT2D eigenvalue weighted by Crippen LogP contribution is 2.27. The first-order valence-electron chi connectivity index (χ1n) is 9.75. The molecule has 3 aromatic carbocycles. The van der Waals surface area contributed by atoms with Crippen LogP contribution in [0.4, 0.5) is 0 Å². The first kappa shape index (κ1) is 19.9. The first-order chi connectivity index (χ1) is 14.6. The topological polar surface area (TPSA) is 52.3 Å². The van der Waals surface area contributed by atoms with E-state index in [4.69, 9.17) is 20.8 Å². The minimum absolute atomic E-state index is 0.182. The fourth-order valence-electron chi connectivity index (χ4n) is 3.02. The van der Waals surface area contributed by atoms with Crippen molar-refractivity contribution in [2.75, 3.05) is 6.61 Å². The summed E-state index contributed by atoms with van der Waals surface area (Å²) in [6.45, 7) is 2.68. The van der Waals surface area contributed by atoms with E-state index in [-0.39, 0.29) is 11.7 Å². The van der Waals surface area contributed by atoms with E-state index < -0.39 is 0 Å². The second kappa shape index (κ2) is 8.97. The molecule has 0 aliphatic carbocycles. The Morgan fingerprint density at radius 1 is 1.03 bits per heavy atom. The predicted octanol–water partition coefficient (Wildman–Crippen LogP) is 6.69. The minimum atomic E-state index is -0.182. The molecule has 1 aromatic heterocycles. The van der Waals surface area contributed by atoms with Crippen molar-refractivity contribution in [1.82, 2.24) is 4.98 Å². The van der Waals surface area contributed by atoms with E-state index in [9.17, 15) is 4.79 Å². The molecule has 0 bridgehead atoms. The largest absolute Gasteiger partial charge is 0.494 e. The summed E-state index contributed by atoms with van der Waals surface area (Å²) in [5.74, 6) is 0.833. The van der Waals surface area contributed by atoms with Gasteiger partial charge in [0.25, 0.3) is 0 Å². The van der Waals surface area contributed by atoms with Gasteiger partial charge in [0.2, 0.25) is 5.89 Å². The summed E-state index contributed by atoms with van der Waals surface area (Å²) in [7, 11) is 0. The number of ketones is 1. The zero-order chi connectivity index (χ0) is 20.9. The second-order valence-corrected chi connectivity index (χ2v) is 7.23. The third kappa shape index (κ3) is 4.44. The Bertz CT molecular complexity index is 1160. The third-order valence-electron chi connectivity index (χ3n) is 4.54.